The van der Waals surface area contributed by atoms with Crippen molar-refractivity contribution in [1.29, 1.82) is 0 Å². The van der Waals surface area contributed by atoms with E-state index in [1.165, 1.54) is 5.57 Å². The topological polar surface area (TPSA) is 54.4 Å². The van der Waals surface area contributed by atoms with Gasteiger partial charge in [-0.05, 0) is 74.2 Å². The first-order chi connectivity index (χ1) is 12.3. The van der Waals surface area contributed by atoms with Crippen molar-refractivity contribution < 1.29 is 23.5 Å². The molecule has 3 fully saturated rings. The summed E-state index contributed by atoms with van der Waals surface area (Å²) in [6.45, 7) is 1.59. The number of aliphatic hydroxyl groups excluding tert-OH is 1. The second kappa shape index (κ2) is 6.22. The van der Waals surface area contributed by atoms with Gasteiger partial charge in [-0.3, -0.25) is 9.59 Å². The van der Waals surface area contributed by atoms with E-state index < -0.39 is 30.1 Å². The average Bonchev–Trinajstić information content (AvgIpc) is 3.02. The Balaban J connectivity index is 1.70. The van der Waals surface area contributed by atoms with Gasteiger partial charge in [-0.15, -0.1) is 0 Å². The van der Waals surface area contributed by atoms with Crippen LogP contribution in [0.5, 0.6) is 0 Å². The fourth-order valence-electron chi connectivity index (χ4n) is 7.28. The molecule has 0 heterocycles. The molecule has 0 unspecified atom stereocenters. The lowest BCUT2D eigenvalue weighted by molar-refractivity contribution is -0.156. The molecule has 4 aliphatic rings. The highest BCUT2D eigenvalue weighted by molar-refractivity contribution is 5.91. The zero-order valence-electron chi connectivity index (χ0n) is 15.3. The van der Waals surface area contributed by atoms with Gasteiger partial charge in [-0.25, -0.2) is 8.78 Å². The molecule has 0 aliphatic heterocycles. The molecule has 0 aromatic heterocycles. The van der Waals surface area contributed by atoms with Crippen molar-refractivity contribution in [1.82, 2.24) is 0 Å². The smallest absolute Gasteiger partial charge is 0.245 e. The Labute approximate surface area is 153 Å². The molecule has 0 radical (unpaired) electrons. The van der Waals surface area contributed by atoms with Crippen LogP contribution < -0.4 is 0 Å². The number of ketones is 2. The maximum absolute atomic E-state index is 14.4. The molecule has 0 aromatic rings. The number of carbonyl (C=O) groups excluding carboxylic acids is 2. The summed E-state index contributed by atoms with van der Waals surface area (Å²) in [7, 11) is 0. The minimum atomic E-state index is -2.52. The Hall–Kier alpha value is -1.10. The Morgan fingerprint density at radius 2 is 1.96 bits per heavy atom. The quantitative estimate of drug-likeness (QED) is 0.823. The van der Waals surface area contributed by atoms with E-state index in [-0.39, 0.29) is 23.0 Å². The molecule has 4 aliphatic carbocycles. The molecule has 26 heavy (non-hydrogen) atoms. The summed E-state index contributed by atoms with van der Waals surface area (Å²) in [6, 6.07) is 0. The van der Waals surface area contributed by atoms with E-state index in [1.807, 2.05) is 6.08 Å². The number of rotatable bonds is 3. The Morgan fingerprint density at radius 1 is 1.19 bits per heavy atom. The minimum Gasteiger partial charge on any atom is -0.389 e. The lowest BCUT2D eigenvalue weighted by Crippen LogP contribution is -2.54. The summed E-state index contributed by atoms with van der Waals surface area (Å²) < 4.78 is 28.7. The molecule has 1 N–H and O–H groups in total. The molecule has 5 heteroatoms. The van der Waals surface area contributed by atoms with Crippen molar-refractivity contribution in [3.05, 3.63) is 11.6 Å². The molecule has 6 atom stereocenters. The first kappa shape index (κ1) is 18.3. The molecular weight excluding hydrogens is 338 g/mol. The minimum absolute atomic E-state index is 0.0514. The molecule has 0 spiro atoms. The number of halogens is 2. The van der Waals surface area contributed by atoms with Crippen LogP contribution in [0.2, 0.25) is 0 Å². The van der Waals surface area contributed by atoms with E-state index >= 15 is 0 Å². The fraction of sp³-hybridized carbons (Fsp3) is 0.810. The van der Waals surface area contributed by atoms with Gasteiger partial charge in [0.05, 0.1) is 0 Å². The summed E-state index contributed by atoms with van der Waals surface area (Å²) in [5.41, 5.74) is -0.0757. The van der Waals surface area contributed by atoms with Crippen LogP contribution in [-0.4, -0.2) is 29.7 Å². The highest BCUT2D eigenvalue weighted by Crippen LogP contribution is 2.68. The number of alkyl halides is 2. The van der Waals surface area contributed by atoms with E-state index in [2.05, 4.69) is 6.92 Å². The molecular formula is C21H28F2O3. The lowest BCUT2D eigenvalue weighted by Gasteiger charge is -2.58. The third-order valence-electron chi connectivity index (χ3n) is 8.50. The van der Waals surface area contributed by atoms with Crippen molar-refractivity contribution in [2.45, 2.75) is 64.7 Å². The SMILES string of the molecule is C[C@]12CCC(=O)C=C1CC[C@H]1[C@@H]3CC[C@@H](C(=O)CO)[C@@]3(C(F)F)CC[C@@H]12. The van der Waals surface area contributed by atoms with E-state index in [0.717, 1.165) is 19.3 Å². The van der Waals surface area contributed by atoms with Gasteiger partial charge in [-0.2, -0.15) is 0 Å². The van der Waals surface area contributed by atoms with E-state index in [9.17, 15) is 23.5 Å². The standard InChI is InChI=1S/C21H28F2O3/c1-20-8-6-13(25)10-12(20)2-3-14-15(20)7-9-21(19(22)23)16(14)4-5-17(21)18(26)11-24/h10,14-17,19,24H,2-9,11H2,1H3/t14-,15+,16+,17+,20+,21-/m1/s1. The molecule has 3 saturated carbocycles. The predicted octanol–water partition coefficient (Wildman–Crippen LogP) is 3.94. The predicted molar refractivity (Wildman–Crippen MR) is 92.6 cm³/mol. The van der Waals surface area contributed by atoms with Crippen molar-refractivity contribution in [3.63, 3.8) is 0 Å². The summed E-state index contributed by atoms with van der Waals surface area (Å²) in [4.78, 5) is 24.1. The molecule has 0 bridgehead atoms. The molecule has 0 saturated heterocycles. The first-order valence-electron chi connectivity index (χ1n) is 10.00. The van der Waals surface area contributed by atoms with Gasteiger partial charge in [0.15, 0.2) is 11.6 Å². The fourth-order valence-corrected chi connectivity index (χ4v) is 7.28. The van der Waals surface area contributed by atoms with Crippen molar-refractivity contribution in [2.24, 2.45) is 34.5 Å². The highest BCUT2D eigenvalue weighted by atomic mass is 19.3. The normalized spacial score (nSPS) is 45.0. The van der Waals surface area contributed by atoms with Crippen LogP contribution in [0.3, 0.4) is 0 Å². The van der Waals surface area contributed by atoms with Crippen molar-refractivity contribution in [2.75, 3.05) is 6.61 Å². The van der Waals surface area contributed by atoms with Gasteiger partial charge < -0.3 is 5.11 Å². The van der Waals surface area contributed by atoms with E-state index in [1.54, 1.807) is 0 Å². The summed E-state index contributed by atoms with van der Waals surface area (Å²) in [5.74, 6) is -0.519. The molecule has 4 rings (SSSR count). The third-order valence-corrected chi connectivity index (χ3v) is 8.50. The number of hydrogen-bond acceptors (Lipinski definition) is 3. The summed E-state index contributed by atoms with van der Waals surface area (Å²) in [6.07, 6.45) is 4.55. The largest absolute Gasteiger partial charge is 0.389 e. The van der Waals surface area contributed by atoms with Crippen LogP contribution in [0, 0.1) is 34.5 Å². The second-order valence-electron chi connectivity index (χ2n) is 9.17. The van der Waals surface area contributed by atoms with Crippen LogP contribution in [0.1, 0.15) is 58.3 Å². The van der Waals surface area contributed by atoms with Gasteiger partial charge >= 0.3 is 0 Å². The number of fused-ring (bicyclic) bond motifs is 5. The van der Waals surface area contributed by atoms with Crippen LogP contribution >= 0.6 is 0 Å². The van der Waals surface area contributed by atoms with Gasteiger partial charge in [0.1, 0.15) is 6.61 Å². The number of Topliss-reactive ketones (excluding diaryl/α,β-unsaturated/α-hetero) is 1. The highest BCUT2D eigenvalue weighted by Gasteiger charge is 2.65. The van der Waals surface area contributed by atoms with Crippen LogP contribution in [0.25, 0.3) is 0 Å². The van der Waals surface area contributed by atoms with Crippen LogP contribution in [-0.2, 0) is 9.59 Å². The average molecular weight is 366 g/mol. The van der Waals surface area contributed by atoms with E-state index in [0.29, 0.717) is 38.0 Å². The zero-order valence-corrected chi connectivity index (χ0v) is 15.3. The maximum Gasteiger partial charge on any atom is 0.245 e. The summed E-state index contributed by atoms with van der Waals surface area (Å²) >= 11 is 0. The van der Waals surface area contributed by atoms with Gasteiger partial charge in [0.2, 0.25) is 6.43 Å². The van der Waals surface area contributed by atoms with Crippen molar-refractivity contribution >= 4 is 11.6 Å². The zero-order chi connectivity index (χ0) is 18.7. The van der Waals surface area contributed by atoms with Crippen LogP contribution in [0.4, 0.5) is 8.78 Å². The number of allylic oxidation sites excluding steroid dienone is 1. The van der Waals surface area contributed by atoms with Crippen molar-refractivity contribution in [3.8, 4) is 0 Å². The number of hydrogen-bond donors (Lipinski definition) is 1. The summed E-state index contributed by atoms with van der Waals surface area (Å²) in [5, 5.41) is 9.30. The maximum atomic E-state index is 14.4. The number of aliphatic hydroxyl groups is 1. The molecule has 0 amide bonds. The Kier molecular flexibility index (Phi) is 4.37. The van der Waals surface area contributed by atoms with Gasteiger partial charge in [0.25, 0.3) is 0 Å². The Morgan fingerprint density at radius 3 is 2.65 bits per heavy atom. The second-order valence-corrected chi connectivity index (χ2v) is 9.17. The van der Waals surface area contributed by atoms with Crippen LogP contribution in [0.15, 0.2) is 11.6 Å². The Bertz CT molecular complexity index is 658. The molecule has 144 valence electrons. The molecule has 0 aromatic carbocycles. The third kappa shape index (κ3) is 2.31. The first-order valence-corrected chi connectivity index (χ1v) is 10.00. The molecule has 3 nitrogen and oxygen atoms in total. The van der Waals surface area contributed by atoms with Gasteiger partial charge in [-0.1, -0.05) is 12.5 Å². The lowest BCUT2D eigenvalue weighted by atomic mass is 9.46. The monoisotopic (exact) mass is 366 g/mol. The number of carbonyl (C=O) groups is 2. The van der Waals surface area contributed by atoms with E-state index in [4.69, 9.17) is 0 Å². The van der Waals surface area contributed by atoms with Gasteiger partial charge in [0, 0.05) is 17.8 Å².